The lowest BCUT2D eigenvalue weighted by Crippen LogP contribution is -2.40. The summed E-state index contributed by atoms with van der Waals surface area (Å²) < 4.78 is 13.6. The highest BCUT2D eigenvalue weighted by molar-refractivity contribution is 5.97. The molecule has 0 aliphatic carbocycles. The van der Waals surface area contributed by atoms with Crippen LogP contribution in [0.2, 0.25) is 0 Å². The Morgan fingerprint density at radius 1 is 1.35 bits per heavy atom. The van der Waals surface area contributed by atoms with E-state index in [0.717, 1.165) is 5.56 Å². The number of hydrogen-bond donors (Lipinski definition) is 1. The fourth-order valence-electron chi connectivity index (χ4n) is 2.50. The molecule has 0 radical (unpaired) electrons. The third kappa shape index (κ3) is 2.81. The van der Waals surface area contributed by atoms with E-state index in [9.17, 15) is 14.0 Å². The monoisotopic (exact) mass is 279 g/mol. The standard InChI is InChI=1S/C15H18FNO3/c1-9(2)10-6-11(8-12(16)7-10)14(18)17-5-3-4-13(17)15(19)20/h6-9,13H,3-5H2,1-2H3,(H,19,20). The van der Waals surface area contributed by atoms with Crippen LogP contribution in [0.3, 0.4) is 0 Å². The van der Waals surface area contributed by atoms with Gasteiger partial charge in [0.1, 0.15) is 11.9 Å². The number of nitrogens with zero attached hydrogens (tertiary/aromatic N) is 1. The Labute approximate surface area is 117 Å². The summed E-state index contributed by atoms with van der Waals surface area (Å²) in [5.41, 5.74) is 0.960. The Bertz CT molecular complexity index is 542. The lowest BCUT2D eigenvalue weighted by Gasteiger charge is -2.22. The van der Waals surface area contributed by atoms with Crippen LogP contribution in [0.25, 0.3) is 0 Å². The van der Waals surface area contributed by atoms with Crippen molar-refractivity contribution in [1.82, 2.24) is 4.90 Å². The Morgan fingerprint density at radius 3 is 2.65 bits per heavy atom. The maximum absolute atomic E-state index is 13.6. The topological polar surface area (TPSA) is 57.6 Å². The third-order valence-corrected chi connectivity index (χ3v) is 3.63. The van der Waals surface area contributed by atoms with E-state index in [0.29, 0.717) is 19.4 Å². The molecular weight excluding hydrogens is 261 g/mol. The molecular formula is C15H18FNO3. The first kappa shape index (κ1) is 14.5. The first-order valence-electron chi connectivity index (χ1n) is 6.74. The second-order valence-electron chi connectivity index (χ2n) is 5.42. The van der Waals surface area contributed by atoms with Gasteiger partial charge in [-0.1, -0.05) is 13.8 Å². The second-order valence-corrected chi connectivity index (χ2v) is 5.42. The summed E-state index contributed by atoms with van der Waals surface area (Å²) in [5, 5.41) is 9.11. The molecule has 1 unspecified atom stereocenters. The minimum atomic E-state index is -1.00. The molecule has 1 amide bonds. The summed E-state index contributed by atoms with van der Waals surface area (Å²) in [4.78, 5) is 24.8. The number of aliphatic carboxylic acids is 1. The molecule has 1 N–H and O–H groups in total. The van der Waals surface area contributed by atoms with Gasteiger partial charge in [-0.25, -0.2) is 9.18 Å². The van der Waals surface area contributed by atoms with Crippen LogP contribution in [0.1, 0.15) is 48.5 Å². The number of carbonyl (C=O) groups excluding carboxylic acids is 1. The number of amides is 1. The Morgan fingerprint density at radius 2 is 2.05 bits per heavy atom. The largest absolute Gasteiger partial charge is 0.480 e. The van der Waals surface area contributed by atoms with E-state index in [1.54, 1.807) is 6.07 Å². The predicted octanol–water partition coefficient (Wildman–Crippen LogP) is 2.64. The van der Waals surface area contributed by atoms with Crippen molar-refractivity contribution in [3.63, 3.8) is 0 Å². The zero-order valence-corrected chi connectivity index (χ0v) is 11.6. The van der Waals surface area contributed by atoms with Gasteiger partial charge in [-0.05, 0) is 42.5 Å². The van der Waals surface area contributed by atoms with Crippen LogP contribution in [0.15, 0.2) is 18.2 Å². The molecule has 5 heteroatoms. The number of rotatable bonds is 3. The summed E-state index contributed by atoms with van der Waals surface area (Å²) in [5.74, 6) is -1.77. The number of carbonyl (C=O) groups is 2. The average Bonchev–Trinajstić information content (AvgIpc) is 2.86. The minimum Gasteiger partial charge on any atom is -0.480 e. The lowest BCUT2D eigenvalue weighted by atomic mass is 10.00. The van der Waals surface area contributed by atoms with E-state index >= 15 is 0 Å². The molecule has 1 saturated heterocycles. The van der Waals surface area contributed by atoms with Crippen molar-refractivity contribution in [3.8, 4) is 0 Å². The summed E-state index contributed by atoms with van der Waals surface area (Å²) >= 11 is 0. The lowest BCUT2D eigenvalue weighted by molar-refractivity contribution is -0.141. The molecule has 1 aliphatic rings. The normalized spacial score (nSPS) is 18.6. The van der Waals surface area contributed by atoms with E-state index in [2.05, 4.69) is 0 Å². The minimum absolute atomic E-state index is 0.103. The maximum atomic E-state index is 13.6. The van der Waals surface area contributed by atoms with Gasteiger partial charge in [-0.15, -0.1) is 0 Å². The smallest absolute Gasteiger partial charge is 0.326 e. The molecule has 1 heterocycles. The van der Waals surface area contributed by atoms with Crippen LogP contribution in [-0.2, 0) is 4.79 Å². The van der Waals surface area contributed by atoms with Gasteiger partial charge < -0.3 is 10.0 Å². The van der Waals surface area contributed by atoms with Crippen molar-refractivity contribution in [2.45, 2.75) is 38.6 Å². The van der Waals surface area contributed by atoms with Gasteiger partial charge in [0.25, 0.3) is 5.91 Å². The van der Waals surface area contributed by atoms with Gasteiger partial charge in [0.15, 0.2) is 0 Å². The molecule has 0 spiro atoms. The van der Waals surface area contributed by atoms with Gasteiger partial charge in [-0.2, -0.15) is 0 Å². The van der Waals surface area contributed by atoms with Crippen molar-refractivity contribution in [2.75, 3.05) is 6.54 Å². The maximum Gasteiger partial charge on any atom is 0.326 e. The molecule has 0 saturated carbocycles. The van der Waals surface area contributed by atoms with Crippen molar-refractivity contribution in [3.05, 3.63) is 35.1 Å². The third-order valence-electron chi connectivity index (χ3n) is 3.63. The summed E-state index contributed by atoms with van der Waals surface area (Å²) in [7, 11) is 0. The molecule has 2 rings (SSSR count). The Hall–Kier alpha value is -1.91. The molecule has 0 aromatic heterocycles. The fourth-order valence-corrected chi connectivity index (χ4v) is 2.50. The number of hydrogen-bond acceptors (Lipinski definition) is 2. The molecule has 1 aromatic carbocycles. The van der Waals surface area contributed by atoms with Gasteiger partial charge in [0, 0.05) is 12.1 Å². The van der Waals surface area contributed by atoms with Crippen molar-refractivity contribution >= 4 is 11.9 Å². The second kappa shape index (κ2) is 5.61. The SMILES string of the molecule is CC(C)c1cc(F)cc(C(=O)N2CCCC2C(=O)O)c1. The molecule has 1 aromatic rings. The van der Waals surface area contributed by atoms with Crippen molar-refractivity contribution in [2.24, 2.45) is 0 Å². The van der Waals surface area contributed by atoms with E-state index in [4.69, 9.17) is 5.11 Å². The van der Waals surface area contributed by atoms with Crippen molar-refractivity contribution in [1.29, 1.82) is 0 Å². The fraction of sp³-hybridized carbons (Fsp3) is 0.467. The predicted molar refractivity (Wildman–Crippen MR) is 72.2 cm³/mol. The van der Waals surface area contributed by atoms with Gasteiger partial charge >= 0.3 is 5.97 Å². The van der Waals surface area contributed by atoms with E-state index in [-0.39, 0.29) is 11.5 Å². The zero-order chi connectivity index (χ0) is 14.9. The number of likely N-dealkylation sites (tertiary alicyclic amines) is 1. The van der Waals surface area contributed by atoms with E-state index in [1.165, 1.54) is 17.0 Å². The average molecular weight is 279 g/mol. The van der Waals surface area contributed by atoms with Crippen LogP contribution in [0.5, 0.6) is 0 Å². The summed E-state index contributed by atoms with van der Waals surface area (Å²) in [6, 6.07) is 3.42. The number of carboxylic acids is 1. The van der Waals surface area contributed by atoms with Crippen LogP contribution in [0, 0.1) is 5.82 Å². The number of halogens is 1. The van der Waals surface area contributed by atoms with Gasteiger partial charge in [0.05, 0.1) is 0 Å². The first-order valence-corrected chi connectivity index (χ1v) is 6.74. The Balaban J connectivity index is 2.31. The molecule has 0 bridgehead atoms. The summed E-state index contributed by atoms with van der Waals surface area (Å²) in [6.45, 7) is 4.24. The van der Waals surface area contributed by atoms with Crippen LogP contribution >= 0.6 is 0 Å². The van der Waals surface area contributed by atoms with E-state index < -0.39 is 23.7 Å². The molecule has 20 heavy (non-hydrogen) atoms. The highest BCUT2D eigenvalue weighted by atomic mass is 19.1. The van der Waals surface area contributed by atoms with Gasteiger partial charge in [-0.3, -0.25) is 4.79 Å². The van der Waals surface area contributed by atoms with Gasteiger partial charge in [0.2, 0.25) is 0 Å². The van der Waals surface area contributed by atoms with Crippen LogP contribution in [0.4, 0.5) is 4.39 Å². The molecule has 1 fully saturated rings. The highest BCUT2D eigenvalue weighted by Crippen LogP contribution is 2.23. The Kier molecular flexibility index (Phi) is 4.06. The van der Waals surface area contributed by atoms with Crippen LogP contribution < -0.4 is 0 Å². The number of benzene rings is 1. The first-order chi connectivity index (χ1) is 9.40. The quantitative estimate of drug-likeness (QED) is 0.925. The molecule has 4 nitrogen and oxygen atoms in total. The van der Waals surface area contributed by atoms with Crippen LogP contribution in [-0.4, -0.2) is 34.5 Å². The molecule has 108 valence electrons. The van der Waals surface area contributed by atoms with Crippen molar-refractivity contribution < 1.29 is 19.1 Å². The highest BCUT2D eigenvalue weighted by Gasteiger charge is 2.34. The summed E-state index contributed by atoms with van der Waals surface area (Å²) in [6.07, 6.45) is 1.11. The molecule has 1 aliphatic heterocycles. The van der Waals surface area contributed by atoms with E-state index in [1.807, 2.05) is 13.8 Å². The molecule has 1 atom stereocenters. The zero-order valence-electron chi connectivity index (χ0n) is 11.6. The number of carboxylic acid groups (broad SMARTS) is 1.